The average Bonchev–Trinajstić information content (AvgIpc) is 3.16. The Morgan fingerprint density at radius 2 is 1.88 bits per heavy atom. The summed E-state index contributed by atoms with van der Waals surface area (Å²) in [4.78, 5) is 23.5. The number of hydrogen-bond donors (Lipinski definition) is 1. The van der Waals surface area contributed by atoms with E-state index in [0.29, 0.717) is 16.3 Å². The molecular weight excluding hydrogens is 336 g/mol. The van der Waals surface area contributed by atoms with E-state index in [-0.39, 0.29) is 5.91 Å². The first-order valence-electron chi connectivity index (χ1n) is 8.28. The molecule has 6 heteroatoms. The van der Waals surface area contributed by atoms with Crippen LogP contribution in [0.2, 0.25) is 5.02 Å². The van der Waals surface area contributed by atoms with Gasteiger partial charge < -0.3 is 10.2 Å². The SMILES string of the molecule is O=C(Nc1ccc2c(N3CCCC3)ncnc2c1)c1ccccc1Cl. The van der Waals surface area contributed by atoms with Crippen LogP contribution in [0, 0.1) is 0 Å². The van der Waals surface area contributed by atoms with Crippen LogP contribution >= 0.6 is 11.6 Å². The van der Waals surface area contributed by atoms with Crippen molar-refractivity contribution in [3.8, 4) is 0 Å². The largest absolute Gasteiger partial charge is 0.356 e. The highest BCUT2D eigenvalue weighted by Crippen LogP contribution is 2.28. The molecule has 4 rings (SSSR count). The van der Waals surface area contributed by atoms with Crippen LogP contribution in [-0.4, -0.2) is 29.0 Å². The molecule has 1 saturated heterocycles. The van der Waals surface area contributed by atoms with Gasteiger partial charge in [0.15, 0.2) is 0 Å². The molecule has 0 unspecified atom stereocenters. The zero-order valence-electron chi connectivity index (χ0n) is 13.6. The van der Waals surface area contributed by atoms with Gasteiger partial charge in [-0.05, 0) is 43.2 Å². The number of halogens is 1. The number of nitrogens with one attached hydrogen (secondary N) is 1. The first-order chi connectivity index (χ1) is 12.2. The lowest BCUT2D eigenvalue weighted by atomic mass is 10.1. The van der Waals surface area contributed by atoms with E-state index < -0.39 is 0 Å². The van der Waals surface area contributed by atoms with Crippen molar-refractivity contribution < 1.29 is 4.79 Å². The Morgan fingerprint density at radius 1 is 1.08 bits per heavy atom. The molecule has 0 aliphatic carbocycles. The third-order valence-electron chi connectivity index (χ3n) is 4.40. The van der Waals surface area contributed by atoms with E-state index in [1.807, 2.05) is 18.2 Å². The summed E-state index contributed by atoms with van der Waals surface area (Å²) in [7, 11) is 0. The molecule has 2 heterocycles. The second-order valence-corrected chi connectivity index (χ2v) is 6.46. The van der Waals surface area contributed by atoms with Crippen molar-refractivity contribution in [1.29, 1.82) is 0 Å². The van der Waals surface area contributed by atoms with Crippen LogP contribution in [0.5, 0.6) is 0 Å². The zero-order valence-corrected chi connectivity index (χ0v) is 14.3. The first kappa shape index (κ1) is 15.8. The van der Waals surface area contributed by atoms with Crippen molar-refractivity contribution >= 4 is 39.9 Å². The summed E-state index contributed by atoms with van der Waals surface area (Å²) in [6.45, 7) is 2.05. The van der Waals surface area contributed by atoms with Gasteiger partial charge in [-0.25, -0.2) is 9.97 Å². The number of aromatic nitrogens is 2. The molecule has 1 aliphatic heterocycles. The predicted octanol–water partition coefficient (Wildman–Crippen LogP) is 4.14. The van der Waals surface area contributed by atoms with Gasteiger partial charge in [-0.3, -0.25) is 4.79 Å². The lowest BCUT2D eigenvalue weighted by Crippen LogP contribution is -2.19. The van der Waals surface area contributed by atoms with Crippen molar-refractivity contribution in [2.24, 2.45) is 0 Å². The summed E-state index contributed by atoms with van der Waals surface area (Å²) in [5, 5.41) is 4.31. The van der Waals surface area contributed by atoms with E-state index in [1.54, 1.807) is 30.6 Å². The van der Waals surface area contributed by atoms with Gasteiger partial charge in [0.05, 0.1) is 16.1 Å². The molecule has 126 valence electrons. The van der Waals surface area contributed by atoms with Gasteiger partial charge in [0.2, 0.25) is 0 Å². The Balaban J connectivity index is 1.63. The Bertz CT molecular complexity index is 938. The van der Waals surface area contributed by atoms with Crippen LogP contribution in [0.1, 0.15) is 23.2 Å². The maximum Gasteiger partial charge on any atom is 0.257 e. The molecule has 0 atom stereocenters. The second-order valence-electron chi connectivity index (χ2n) is 6.06. The molecule has 0 radical (unpaired) electrons. The third kappa shape index (κ3) is 3.15. The summed E-state index contributed by atoms with van der Waals surface area (Å²) >= 11 is 6.09. The fraction of sp³-hybridized carbons (Fsp3) is 0.211. The Kier molecular flexibility index (Phi) is 4.24. The van der Waals surface area contributed by atoms with Gasteiger partial charge in [-0.1, -0.05) is 23.7 Å². The molecule has 1 aromatic heterocycles. The topological polar surface area (TPSA) is 58.1 Å². The van der Waals surface area contributed by atoms with Crippen LogP contribution < -0.4 is 10.2 Å². The number of nitrogens with zero attached hydrogens (tertiary/aromatic N) is 3. The van der Waals surface area contributed by atoms with Gasteiger partial charge in [0.1, 0.15) is 12.1 Å². The summed E-state index contributed by atoms with van der Waals surface area (Å²) in [5.74, 6) is 0.727. The molecule has 1 N–H and O–H groups in total. The zero-order chi connectivity index (χ0) is 17.2. The molecule has 2 aromatic carbocycles. The number of carbonyl (C=O) groups excluding carboxylic acids is 1. The number of hydrogen-bond acceptors (Lipinski definition) is 4. The normalized spacial score (nSPS) is 14.0. The fourth-order valence-electron chi connectivity index (χ4n) is 3.15. The van der Waals surface area contributed by atoms with E-state index in [1.165, 1.54) is 12.8 Å². The highest BCUT2D eigenvalue weighted by Gasteiger charge is 2.17. The number of amides is 1. The Hall–Kier alpha value is -2.66. The molecule has 1 aliphatic rings. The number of fused-ring (bicyclic) bond motifs is 1. The number of carbonyl (C=O) groups is 1. The first-order valence-corrected chi connectivity index (χ1v) is 8.66. The van der Waals surface area contributed by atoms with Crippen molar-refractivity contribution in [2.45, 2.75) is 12.8 Å². The van der Waals surface area contributed by atoms with Crippen LogP contribution in [0.4, 0.5) is 11.5 Å². The van der Waals surface area contributed by atoms with E-state index >= 15 is 0 Å². The minimum atomic E-state index is -0.237. The maximum atomic E-state index is 12.4. The van der Waals surface area contributed by atoms with Gasteiger partial charge in [-0.15, -0.1) is 0 Å². The molecule has 0 saturated carbocycles. The highest BCUT2D eigenvalue weighted by molar-refractivity contribution is 6.34. The lowest BCUT2D eigenvalue weighted by molar-refractivity contribution is 0.102. The van der Waals surface area contributed by atoms with E-state index in [9.17, 15) is 4.79 Å². The maximum absolute atomic E-state index is 12.4. The smallest absolute Gasteiger partial charge is 0.257 e. The van der Waals surface area contributed by atoms with Crippen molar-refractivity contribution in [1.82, 2.24) is 9.97 Å². The predicted molar refractivity (Wildman–Crippen MR) is 100 cm³/mol. The molecule has 1 fully saturated rings. The van der Waals surface area contributed by atoms with Crippen LogP contribution in [0.3, 0.4) is 0 Å². The summed E-state index contributed by atoms with van der Waals surface area (Å²) in [5.41, 5.74) is 1.95. The van der Waals surface area contributed by atoms with Crippen LogP contribution in [-0.2, 0) is 0 Å². The minimum Gasteiger partial charge on any atom is -0.356 e. The fourth-order valence-corrected chi connectivity index (χ4v) is 3.37. The summed E-state index contributed by atoms with van der Waals surface area (Å²) in [6, 6.07) is 12.7. The number of anilines is 2. The molecule has 0 spiro atoms. The molecule has 1 amide bonds. The molecular formula is C19H17ClN4O. The summed E-state index contributed by atoms with van der Waals surface area (Å²) < 4.78 is 0. The average molecular weight is 353 g/mol. The minimum absolute atomic E-state index is 0.237. The van der Waals surface area contributed by atoms with E-state index in [4.69, 9.17) is 11.6 Å². The van der Waals surface area contributed by atoms with Crippen molar-refractivity contribution in [2.75, 3.05) is 23.3 Å². The van der Waals surface area contributed by atoms with Crippen molar-refractivity contribution in [3.05, 3.63) is 59.4 Å². The van der Waals surface area contributed by atoms with Gasteiger partial charge in [0.25, 0.3) is 5.91 Å². The monoisotopic (exact) mass is 352 g/mol. The third-order valence-corrected chi connectivity index (χ3v) is 4.73. The molecule has 0 bridgehead atoms. The quantitative estimate of drug-likeness (QED) is 0.769. The van der Waals surface area contributed by atoms with Crippen LogP contribution in [0.25, 0.3) is 10.9 Å². The van der Waals surface area contributed by atoms with Gasteiger partial charge in [-0.2, -0.15) is 0 Å². The number of rotatable bonds is 3. The van der Waals surface area contributed by atoms with E-state index in [0.717, 1.165) is 29.8 Å². The standard InChI is InChI=1S/C19H17ClN4O/c20-16-6-2-1-5-14(16)19(25)23-13-7-8-15-17(11-13)21-12-22-18(15)24-9-3-4-10-24/h1-2,5-8,11-12H,3-4,9-10H2,(H,23,25). The highest BCUT2D eigenvalue weighted by atomic mass is 35.5. The van der Waals surface area contributed by atoms with Crippen molar-refractivity contribution in [3.63, 3.8) is 0 Å². The molecule has 5 nitrogen and oxygen atoms in total. The van der Waals surface area contributed by atoms with Crippen LogP contribution in [0.15, 0.2) is 48.8 Å². The number of benzene rings is 2. The van der Waals surface area contributed by atoms with E-state index in [2.05, 4.69) is 20.2 Å². The van der Waals surface area contributed by atoms with Gasteiger partial charge in [0, 0.05) is 24.2 Å². The summed E-state index contributed by atoms with van der Waals surface area (Å²) in [6.07, 6.45) is 3.96. The molecule has 25 heavy (non-hydrogen) atoms. The second kappa shape index (κ2) is 6.69. The lowest BCUT2D eigenvalue weighted by Gasteiger charge is -2.18. The Morgan fingerprint density at radius 3 is 2.68 bits per heavy atom. The van der Waals surface area contributed by atoms with Gasteiger partial charge >= 0.3 is 0 Å². The molecule has 3 aromatic rings. The Labute approximate surface area is 150 Å².